The van der Waals surface area contributed by atoms with Crippen molar-refractivity contribution >= 4 is 5.71 Å². The molecule has 1 aliphatic heterocycles. The second-order valence-corrected chi connectivity index (χ2v) is 5.03. The highest BCUT2D eigenvalue weighted by molar-refractivity contribution is 5.94. The molecular weight excluding hydrogens is 262 g/mol. The van der Waals surface area contributed by atoms with E-state index in [1.165, 1.54) is 11.1 Å². The van der Waals surface area contributed by atoms with Gasteiger partial charge in [-0.05, 0) is 18.1 Å². The van der Waals surface area contributed by atoms with E-state index in [0.717, 1.165) is 5.71 Å². The molecule has 1 unspecified atom stereocenters. The maximum atomic E-state index is 5.52. The lowest BCUT2D eigenvalue weighted by Gasteiger charge is -2.17. The van der Waals surface area contributed by atoms with E-state index < -0.39 is 0 Å². The van der Waals surface area contributed by atoms with E-state index >= 15 is 0 Å². The van der Waals surface area contributed by atoms with E-state index in [4.69, 9.17) is 9.57 Å². The summed E-state index contributed by atoms with van der Waals surface area (Å²) in [6.45, 7) is 2.60. The third kappa shape index (κ3) is 3.14. The summed E-state index contributed by atoms with van der Waals surface area (Å²) >= 11 is 0. The summed E-state index contributed by atoms with van der Waals surface area (Å²) in [5, 5.41) is 4.28. The van der Waals surface area contributed by atoms with Crippen LogP contribution in [0.15, 0.2) is 65.8 Å². The van der Waals surface area contributed by atoms with Crippen molar-refractivity contribution < 1.29 is 9.57 Å². The van der Waals surface area contributed by atoms with Gasteiger partial charge in [0.05, 0.1) is 18.1 Å². The van der Waals surface area contributed by atoms with Gasteiger partial charge in [0.2, 0.25) is 6.29 Å². The molecule has 1 aliphatic rings. The predicted molar refractivity (Wildman–Crippen MR) is 83.3 cm³/mol. The van der Waals surface area contributed by atoms with Crippen molar-refractivity contribution in [1.82, 2.24) is 0 Å². The van der Waals surface area contributed by atoms with E-state index in [0.29, 0.717) is 13.0 Å². The lowest BCUT2D eigenvalue weighted by atomic mass is 9.86. The van der Waals surface area contributed by atoms with Crippen molar-refractivity contribution in [3.05, 3.63) is 71.8 Å². The van der Waals surface area contributed by atoms with E-state index in [1.54, 1.807) is 0 Å². The highest BCUT2D eigenvalue weighted by Gasteiger charge is 2.29. The molecule has 0 aliphatic carbocycles. The lowest BCUT2D eigenvalue weighted by Crippen LogP contribution is -2.17. The third-order valence-electron chi connectivity index (χ3n) is 3.61. The molecule has 3 nitrogen and oxygen atoms in total. The molecule has 3 heteroatoms. The van der Waals surface area contributed by atoms with Gasteiger partial charge in [-0.25, -0.2) is 0 Å². The van der Waals surface area contributed by atoms with Crippen LogP contribution in [0, 0.1) is 0 Å². The van der Waals surface area contributed by atoms with Crippen molar-refractivity contribution in [3.8, 4) is 0 Å². The number of oxime groups is 1. The Morgan fingerprint density at radius 1 is 1.05 bits per heavy atom. The molecule has 0 radical (unpaired) electrons. The Balaban J connectivity index is 1.91. The van der Waals surface area contributed by atoms with E-state index in [2.05, 4.69) is 53.7 Å². The van der Waals surface area contributed by atoms with E-state index in [-0.39, 0.29) is 12.2 Å². The minimum Gasteiger partial charge on any atom is -0.363 e. The summed E-state index contributed by atoms with van der Waals surface area (Å²) in [6, 6.07) is 20.8. The zero-order valence-electron chi connectivity index (χ0n) is 12.1. The average Bonchev–Trinajstić information content (AvgIpc) is 2.98. The number of ether oxygens (including phenoxy) is 1. The number of nitrogens with zero attached hydrogens (tertiary/aromatic N) is 1. The lowest BCUT2D eigenvalue weighted by molar-refractivity contribution is -0.120. The SMILES string of the molecule is CCOC1CC(C(c2ccccc2)c2ccccc2)=NO1. The summed E-state index contributed by atoms with van der Waals surface area (Å²) in [6.07, 6.45) is 0.461. The Morgan fingerprint density at radius 3 is 2.14 bits per heavy atom. The Hall–Kier alpha value is -2.13. The van der Waals surface area contributed by atoms with Crippen LogP contribution in [-0.4, -0.2) is 18.6 Å². The number of hydrogen-bond donors (Lipinski definition) is 0. The summed E-state index contributed by atoms with van der Waals surface area (Å²) in [5.41, 5.74) is 3.47. The van der Waals surface area contributed by atoms with Crippen LogP contribution in [0.1, 0.15) is 30.4 Å². The van der Waals surface area contributed by atoms with Crippen LogP contribution < -0.4 is 0 Å². The van der Waals surface area contributed by atoms with Crippen LogP contribution in [-0.2, 0) is 9.57 Å². The van der Waals surface area contributed by atoms with Crippen molar-refractivity contribution in [2.75, 3.05) is 6.61 Å². The molecule has 0 fully saturated rings. The fraction of sp³-hybridized carbons (Fsp3) is 0.278. The second-order valence-electron chi connectivity index (χ2n) is 5.03. The van der Waals surface area contributed by atoms with Crippen LogP contribution in [0.5, 0.6) is 0 Å². The monoisotopic (exact) mass is 281 g/mol. The van der Waals surface area contributed by atoms with Gasteiger partial charge in [0, 0.05) is 6.61 Å². The molecule has 0 N–H and O–H groups in total. The minimum absolute atomic E-state index is 0.123. The van der Waals surface area contributed by atoms with Gasteiger partial charge < -0.3 is 9.57 Å². The summed E-state index contributed by atoms with van der Waals surface area (Å²) in [4.78, 5) is 5.40. The molecule has 0 bridgehead atoms. The minimum atomic E-state index is -0.250. The first-order chi connectivity index (χ1) is 10.4. The van der Waals surface area contributed by atoms with Crippen LogP contribution in [0.25, 0.3) is 0 Å². The van der Waals surface area contributed by atoms with Gasteiger partial charge in [-0.1, -0.05) is 65.8 Å². The number of hydrogen-bond acceptors (Lipinski definition) is 3. The van der Waals surface area contributed by atoms with Gasteiger partial charge in [-0.2, -0.15) is 0 Å². The van der Waals surface area contributed by atoms with Crippen LogP contribution in [0.3, 0.4) is 0 Å². The highest BCUT2D eigenvalue weighted by atomic mass is 16.8. The Labute approximate surface area is 125 Å². The predicted octanol–water partition coefficient (Wildman–Crippen LogP) is 3.96. The number of rotatable bonds is 5. The molecule has 0 saturated carbocycles. The second kappa shape index (κ2) is 6.55. The summed E-state index contributed by atoms with van der Waals surface area (Å²) in [7, 11) is 0. The van der Waals surface area contributed by atoms with E-state index in [9.17, 15) is 0 Å². The van der Waals surface area contributed by atoms with Crippen molar-refractivity contribution in [3.63, 3.8) is 0 Å². The molecule has 1 atom stereocenters. The van der Waals surface area contributed by atoms with E-state index in [1.807, 2.05) is 19.1 Å². The maximum Gasteiger partial charge on any atom is 0.232 e. The molecule has 0 amide bonds. The van der Waals surface area contributed by atoms with Crippen LogP contribution in [0.2, 0.25) is 0 Å². The van der Waals surface area contributed by atoms with Gasteiger partial charge in [-0.15, -0.1) is 0 Å². The molecule has 2 aromatic rings. The summed E-state index contributed by atoms with van der Waals surface area (Å²) < 4.78 is 5.52. The van der Waals surface area contributed by atoms with Gasteiger partial charge >= 0.3 is 0 Å². The average molecular weight is 281 g/mol. The standard InChI is InChI=1S/C18H19NO2/c1-2-20-17-13-16(19-21-17)18(14-9-5-3-6-10-14)15-11-7-4-8-12-15/h3-12,17-18H,2,13H2,1H3. The van der Waals surface area contributed by atoms with Crippen LogP contribution >= 0.6 is 0 Å². The Kier molecular flexibility index (Phi) is 4.31. The Morgan fingerprint density at radius 2 is 1.62 bits per heavy atom. The number of benzene rings is 2. The molecule has 0 aromatic heterocycles. The quantitative estimate of drug-likeness (QED) is 0.830. The zero-order chi connectivity index (χ0) is 14.5. The molecule has 0 saturated heterocycles. The first kappa shape index (κ1) is 13.8. The molecule has 1 heterocycles. The van der Waals surface area contributed by atoms with Crippen molar-refractivity contribution in [2.24, 2.45) is 5.16 Å². The zero-order valence-corrected chi connectivity index (χ0v) is 12.1. The molecule has 3 rings (SSSR count). The third-order valence-corrected chi connectivity index (χ3v) is 3.61. The van der Waals surface area contributed by atoms with Gasteiger partial charge in [0.1, 0.15) is 0 Å². The fourth-order valence-corrected chi connectivity index (χ4v) is 2.69. The molecule has 108 valence electrons. The smallest absolute Gasteiger partial charge is 0.232 e. The summed E-state index contributed by atoms with van der Waals surface area (Å²) in [5.74, 6) is 0.123. The molecule has 0 spiro atoms. The molecular formula is C18H19NO2. The molecule has 21 heavy (non-hydrogen) atoms. The van der Waals surface area contributed by atoms with Crippen molar-refractivity contribution in [1.29, 1.82) is 0 Å². The maximum absolute atomic E-state index is 5.52. The first-order valence-electron chi connectivity index (χ1n) is 7.32. The first-order valence-corrected chi connectivity index (χ1v) is 7.32. The van der Waals surface area contributed by atoms with Gasteiger partial charge in [-0.3, -0.25) is 0 Å². The molecule has 2 aromatic carbocycles. The fourth-order valence-electron chi connectivity index (χ4n) is 2.69. The highest BCUT2D eigenvalue weighted by Crippen LogP contribution is 2.31. The van der Waals surface area contributed by atoms with Crippen molar-refractivity contribution in [2.45, 2.75) is 25.6 Å². The van der Waals surface area contributed by atoms with Gasteiger partial charge in [0.15, 0.2) is 0 Å². The Bertz CT molecular complexity index is 556. The van der Waals surface area contributed by atoms with Crippen LogP contribution in [0.4, 0.5) is 0 Å². The topological polar surface area (TPSA) is 30.8 Å². The largest absolute Gasteiger partial charge is 0.363 e. The van der Waals surface area contributed by atoms with Gasteiger partial charge in [0.25, 0.3) is 0 Å². The normalized spacial score (nSPS) is 17.6.